The Bertz CT molecular complexity index is 638. The lowest BCUT2D eigenvalue weighted by Gasteiger charge is -2.19. The Labute approximate surface area is 115 Å². The minimum Gasteiger partial charge on any atom is -0.327 e. The van der Waals surface area contributed by atoms with E-state index in [0.717, 1.165) is 11.3 Å². The highest BCUT2D eigenvalue weighted by Crippen LogP contribution is 2.20. The smallest absolute Gasteiger partial charge is 0.245 e. The summed E-state index contributed by atoms with van der Waals surface area (Å²) in [5.41, 5.74) is 1.68. The van der Waals surface area contributed by atoms with E-state index in [1.54, 1.807) is 6.20 Å². The average Bonchev–Trinajstić information content (AvgIpc) is 2.86. The third-order valence-electron chi connectivity index (χ3n) is 3.11. The van der Waals surface area contributed by atoms with Crippen LogP contribution in [0, 0.1) is 0 Å². The van der Waals surface area contributed by atoms with Crippen molar-refractivity contribution in [3.8, 4) is 0 Å². The van der Waals surface area contributed by atoms with Crippen molar-refractivity contribution in [1.29, 1.82) is 0 Å². The number of fused-ring (bicyclic) bond motifs is 1. The van der Waals surface area contributed by atoms with E-state index in [9.17, 15) is 9.59 Å². The molecule has 0 unspecified atom stereocenters. The van der Waals surface area contributed by atoms with Crippen molar-refractivity contribution in [1.82, 2.24) is 19.9 Å². The van der Waals surface area contributed by atoms with Crippen LogP contribution < -0.4 is 5.32 Å². The van der Waals surface area contributed by atoms with Gasteiger partial charge in [0.25, 0.3) is 0 Å². The van der Waals surface area contributed by atoms with Gasteiger partial charge in [0, 0.05) is 18.4 Å². The van der Waals surface area contributed by atoms with Gasteiger partial charge in [-0.3, -0.25) is 9.59 Å². The van der Waals surface area contributed by atoms with Gasteiger partial charge in [0.15, 0.2) is 0 Å². The maximum absolute atomic E-state index is 12.2. The zero-order valence-corrected chi connectivity index (χ0v) is 10.7. The molecule has 0 radical (unpaired) electrons. The van der Waals surface area contributed by atoms with Gasteiger partial charge in [0.2, 0.25) is 11.8 Å². The molecule has 1 N–H and O–H groups in total. The monoisotopic (exact) mass is 271 g/mol. The fourth-order valence-corrected chi connectivity index (χ4v) is 2.14. The molecule has 0 saturated heterocycles. The van der Waals surface area contributed by atoms with Crippen LogP contribution in [0.15, 0.2) is 36.7 Å². The first kappa shape index (κ1) is 12.3. The summed E-state index contributed by atoms with van der Waals surface area (Å²) < 4.78 is 1.44. The van der Waals surface area contributed by atoms with Crippen molar-refractivity contribution in [3.05, 3.63) is 42.2 Å². The van der Waals surface area contributed by atoms with Crippen molar-refractivity contribution < 1.29 is 9.59 Å². The molecule has 3 rings (SSSR count). The molecule has 0 fully saturated rings. The van der Waals surface area contributed by atoms with Crippen LogP contribution in [0.4, 0.5) is 5.69 Å². The summed E-state index contributed by atoms with van der Waals surface area (Å²) in [6.07, 6.45) is 3.13. The normalized spacial score (nSPS) is 14.4. The second-order valence-corrected chi connectivity index (χ2v) is 4.56. The van der Waals surface area contributed by atoms with E-state index in [0.29, 0.717) is 6.54 Å². The van der Waals surface area contributed by atoms with Gasteiger partial charge in [-0.25, -0.2) is 4.68 Å². The topological polar surface area (TPSA) is 80.1 Å². The molecule has 0 aliphatic carbocycles. The molecule has 2 aromatic rings. The predicted octanol–water partition coefficient (Wildman–Crippen LogP) is 0.259. The van der Waals surface area contributed by atoms with Crippen LogP contribution in [0.1, 0.15) is 5.56 Å². The Balaban J connectivity index is 1.80. The van der Waals surface area contributed by atoms with Gasteiger partial charge >= 0.3 is 0 Å². The predicted molar refractivity (Wildman–Crippen MR) is 70.5 cm³/mol. The summed E-state index contributed by atoms with van der Waals surface area (Å²) in [5.74, 6) is -0.357. The minimum absolute atomic E-state index is 0.0439. The molecular weight excluding hydrogens is 258 g/mol. The number of anilines is 1. The number of benzene rings is 1. The SMILES string of the molecule is O=C1CN(C(=O)Cn2ccnn2)Cc2ccccc2N1. The summed E-state index contributed by atoms with van der Waals surface area (Å²) in [6, 6.07) is 7.47. The molecule has 2 heterocycles. The third-order valence-corrected chi connectivity index (χ3v) is 3.11. The molecule has 2 amide bonds. The summed E-state index contributed by atoms with van der Waals surface area (Å²) in [4.78, 5) is 25.6. The Hall–Kier alpha value is -2.70. The van der Waals surface area contributed by atoms with Crippen molar-refractivity contribution in [3.63, 3.8) is 0 Å². The maximum Gasteiger partial charge on any atom is 0.245 e. The minimum atomic E-state index is -0.193. The number of carbonyl (C=O) groups excluding carboxylic acids is 2. The number of hydrogen-bond acceptors (Lipinski definition) is 4. The third kappa shape index (κ3) is 2.51. The standard InChI is InChI=1S/C13H13N5O2/c19-12-8-17(13(20)9-18-6-5-14-16-18)7-10-3-1-2-4-11(10)15-12/h1-6H,7-9H2,(H,15,19). The highest BCUT2D eigenvalue weighted by Gasteiger charge is 2.23. The number of nitrogens with one attached hydrogen (secondary N) is 1. The molecule has 1 aromatic heterocycles. The van der Waals surface area contributed by atoms with E-state index in [2.05, 4.69) is 15.6 Å². The highest BCUT2D eigenvalue weighted by molar-refractivity contribution is 5.96. The number of amides is 2. The van der Waals surface area contributed by atoms with Crippen LogP contribution in [0.3, 0.4) is 0 Å². The molecule has 0 spiro atoms. The summed E-state index contributed by atoms with van der Waals surface area (Å²) in [6.45, 7) is 0.528. The van der Waals surface area contributed by atoms with Crippen LogP contribution in [0.2, 0.25) is 0 Å². The fourth-order valence-electron chi connectivity index (χ4n) is 2.14. The molecule has 7 nitrogen and oxygen atoms in total. The van der Waals surface area contributed by atoms with Crippen LogP contribution in [-0.2, 0) is 22.7 Å². The van der Waals surface area contributed by atoms with Crippen molar-refractivity contribution in [2.24, 2.45) is 0 Å². The fraction of sp³-hybridized carbons (Fsp3) is 0.231. The summed E-state index contributed by atoms with van der Waals surface area (Å²) >= 11 is 0. The largest absolute Gasteiger partial charge is 0.327 e. The zero-order chi connectivity index (χ0) is 13.9. The second kappa shape index (κ2) is 5.12. The second-order valence-electron chi connectivity index (χ2n) is 4.56. The van der Waals surface area contributed by atoms with E-state index in [1.807, 2.05) is 24.3 Å². The number of hydrogen-bond donors (Lipinski definition) is 1. The Morgan fingerprint density at radius 2 is 2.15 bits per heavy atom. The maximum atomic E-state index is 12.2. The van der Waals surface area contributed by atoms with E-state index >= 15 is 0 Å². The van der Waals surface area contributed by atoms with Crippen molar-refractivity contribution >= 4 is 17.5 Å². The van der Waals surface area contributed by atoms with Crippen LogP contribution in [0.25, 0.3) is 0 Å². The van der Waals surface area contributed by atoms with Crippen LogP contribution >= 0.6 is 0 Å². The van der Waals surface area contributed by atoms with E-state index < -0.39 is 0 Å². The number of carbonyl (C=O) groups is 2. The lowest BCUT2D eigenvalue weighted by molar-refractivity contribution is -0.135. The average molecular weight is 271 g/mol. The lowest BCUT2D eigenvalue weighted by Crippen LogP contribution is -2.37. The molecule has 1 aliphatic rings. The summed E-state index contributed by atoms with van der Waals surface area (Å²) in [5, 5.41) is 10.2. The molecular formula is C13H13N5O2. The molecule has 1 aromatic carbocycles. The van der Waals surface area contributed by atoms with E-state index in [-0.39, 0.29) is 24.9 Å². The van der Waals surface area contributed by atoms with Gasteiger partial charge in [0.1, 0.15) is 13.1 Å². The highest BCUT2D eigenvalue weighted by atomic mass is 16.2. The van der Waals surface area contributed by atoms with Gasteiger partial charge in [0.05, 0.1) is 6.20 Å². The molecule has 7 heteroatoms. The van der Waals surface area contributed by atoms with Crippen molar-refractivity contribution in [2.45, 2.75) is 13.1 Å². The van der Waals surface area contributed by atoms with E-state index in [4.69, 9.17) is 0 Å². The molecule has 102 valence electrons. The Morgan fingerprint density at radius 1 is 1.30 bits per heavy atom. The number of rotatable bonds is 2. The summed E-state index contributed by atoms with van der Waals surface area (Å²) in [7, 11) is 0. The quantitative estimate of drug-likeness (QED) is 0.849. The molecule has 20 heavy (non-hydrogen) atoms. The Kier molecular flexibility index (Phi) is 3.16. The van der Waals surface area contributed by atoms with Crippen molar-refractivity contribution in [2.75, 3.05) is 11.9 Å². The van der Waals surface area contributed by atoms with Gasteiger partial charge in [-0.2, -0.15) is 0 Å². The Morgan fingerprint density at radius 3 is 2.95 bits per heavy atom. The van der Waals surface area contributed by atoms with Gasteiger partial charge in [-0.15, -0.1) is 5.10 Å². The first-order valence-corrected chi connectivity index (χ1v) is 6.22. The van der Waals surface area contributed by atoms with Crippen LogP contribution in [0.5, 0.6) is 0 Å². The number of nitrogens with zero attached hydrogens (tertiary/aromatic N) is 4. The van der Waals surface area contributed by atoms with E-state index in [1.165, 1.54) is 15.8 Å². The molecule has 0 bridgehead atoms. The molecule has 0 atom stereocenters. The number of aromatic nitrogens is 3. The van der Waals surface area contributed by atoms with Crippen LogP contribution in [-0.4, -0.2) is 38.3 Å². The molecule has 0 saturated carbocycles. The molecule has 1 aliphatic heterocycles. The first-order valence-electron chi connectivity index (χ1n) is 6.22. The lowest BCUT2D eigenvalue weighted by atomic mass is 10.1. The zero-order valence-electron chi connectivity index (χ0n) is 10.7. The number of para-hydroxylation sites is 1. The van der Waals surface area contributed by atoms with Gasteiger partial charge in [-0.05, 0) is 11.6 Å². The van der Waals surface area contributed by atoms with Gasteiger partial charge in [-0.1, -0.05) is 23.4 Å². The first-order chi connectivity index (χ1) is 9.72. The van der Waals surface area contributed by atoms with Gasteiger partial charge < -0.3 is 10.2 Å².